The molecule has 1 unspecified atom stereocenters. The van der Waals surface area contributed by atoms with E-state index in [4.69, 9.17) is 10.5 Å². The normalized spacial score (nSPS) is 12.9. The van der Waals surface area contributed by atoms with Gasteiger partial charge in [-0.15, -0.1) is 0 Å². The van der Waals surface area contributed by atoms with Crippen molar-refractivity contribution in [2.45, 2.75) is 25.8 Å². The lowest BCUT2D eigenvalue weighted by atomic mass is 10.1. The lowest BCUT2D eigenvalue weighted by Gasteiger charge is -2.16. The number of benzene rings is 2. The molecule has 28 heavy (non-hydrogen) atoms. The lowest BCUT2D eigenvalue weighted by Crippen LogP contribution is -2.28. The van der Waals surface area contributed by atoms with Gasteiger partial charge in [-0.25, -0.2) is 13.5 Å². The first-order valence-electron chi connectivity index (χ1n) is 8.23. The van der Waals surface area contributed by atoms with E-state index in [-0.39, 0.29) is 11.4 Å². The number of hydrogen-bond donors (Lipinski definition) is 1. The zero-order valence-electron chi connectivity index (χ0n) is 14.7. The minimum absolute atomic E-state index is 0.145. The largest absolute Gasteiger partial charge is 0.414 e. The molecule has 0 aliphatic heterocycles. The van der Waals surface area contributed by atoms with Gasteiger partial charge in [-0.1, -0.05) is 0 Å². The van der Waals surface area contributed by atoms with Gasteiger partial charge in [0.15, 0.2) is 6.10 Å². The summed E-state index contributed by atoms with van der Waals surface area (Å²) in [6.07, 6.45) is -6.49. The lowest BCUT2D eigenvalue weighted by molar-refractivity contribution is -0.217. The fourth-order valence-corrected chi connectivity index (χ4v) is 2.58. The van der Waals surface area contributed by atoms with Gasteiger partial charge in [-0.2, -0.15) is 18.3 Å². The molecular weight excluding hydrogens is 381 g/mol. The summed E-state index contributed by atoms with van der Waals surface area (Å²) in [6, 6.07) is 10.7. The molecule has 0 aliphatic rings. The first kappa shape index (κ1) is 19.8. The molecule has 148 valence electrons. The van der Waals surface area contributed by atoms with Gasteiger partial charge in [0.2, 0.25) is 0 Å². The van der Waals surface area contributed by atoms with Gasteiger partial charge in [-0.05, 0) is 55.0 Å². The van der Waals surface area contributed by atoms with Gasteiger partial charge in [0.25, 0.3) is 0 Å². The zero-order valence-corrected chi connectivity index (χ0v) is 14.7. The quantitative estimate of drug-likeness (QED) is 0.625. The predicted octanol–water partition coefficient (Wildman–Crippen LogP) is 4.87. The Hall–Kier alpha value is -2.94. The van der Waals surface area contributed by atoms with Crippen molar-refractivity contribution in [1.29, 1.82) is 0 Å². The fraction of sp³-hybridized carbons (Fsp3) is 0.211. The summed E-state index contributed by atoms with van der Waals surface area (Å²) in [5.74, 6) is -0.942. The second-order valence-corrected chi connectivity index (χ2v) is 6.19. The summed E-state index contributed by atoms with van der Waals surface area (Å²) in [6.45, 7) is 0.454. The number of halogens is 5. The Morgan fingerprint density at radius 1 is 1.04 bits per heavy atom. The molecule has 3 aromatic rings. The first-order valence-corrected chi connectivity index (χ1v) is 8.23. The van der Waals surface area contributed by atoms with E-state index in [0.717, 1.165) is 13.0 Å². The number of alkyl halides is 3. The minimum Gasteiger partial charge on any atom is -0.382 e. The maximum absolute atomic E-state index is 14.1. The van der Waals surface area contributed by atoms with Crippen LogP contribution in [-0.4, -0.2) is 22.1 Å². The van der Waals surface area contributed by atoms with Gasteiger partial charge < -0.3 is 10.5 Å². The highest BCUT2D eigenvalue weighted by Crippen LogP contribution is 2.28. The Morgan fingerprint density at radius 2 is 1.71 bits per heavy atom. The molecule has 2 N–H and O–H groups in total. The van der Waals surface area contributed by atoms with Gasteiger partial charge in [0.05, 0.1) is 18.0 Å². The third-order valence-corrected chi connectivity index (χ3v) is 4.01. The molecule has 0 bridgehead atoms. The van der Waals surface area contributed by atoms with E-state index in [9.17, 15) is 22.0 Å². The van der Waals surface area contributed by atoms with Crippen LogP contribution < -0.4 is 5.73 Å². The van der Waals surface area contributed by atoms with E-state index in [1.165, 1.54) is 47.1 Å². The highest BCUT2D eigenvalue weighted by molar-refractivity contribution is 5.66. The number of hydrogen-bond acceptors (Lipinski definition) is 3. The molecule has 0 fully saturated rings. The maximum Gasteiger partial charge on any atom is 0.414 e. The number of nitrogens with zero attached hydrogens (tertiary/aromatic N) is 2. The highest BCUT2D eigenvalue weighted by atomic mass is 19.4. The predicted molar refractivity (Wildman–Crippen MR) is 93.6 cm³/mol. The molecule has 0 spiro atoms. The number of anilines is 1. The standard InChI is InChI=1S/C19H16F5N3O/c1-11(19(22,23)24)28-10-12-6-13(8-15(21)7-12)17-9-18(25)26-27(17)16-4-2-14(20)3-5-16/h2-9,11H,10H2,1H3,(H2,25,26). The molecule has 0 amide bonds. The maximum atomic E-state index is 14.1. The summed E-state index contributed by atoms with van der Waals surface area (Å²) < 4.78 is 71.2. The molecule has 0 saturated carbocycles. The van der Waals surface area contributed by atoms with Crippen LogP contribution in [0.5, 0.6) is 0 Å². The number of ether oxygens (including phenoxy) is 1. The molecule has 1 aromatic heterocycles. The number of rotatable bonds is 5. The van der Waals surface area contributed by atoms with Crippen LogP contribution >= 0.6 is 0 Å². The summed E-state index contributed by atoms with van der Waals surface area (Å²) in [7, 11) is 0. The van der Waals surface area contributed by atoms with Crippen LogP contribution in [0.3, 0.4) is 0 Å². The third kappa shape index (κ3) is 4.48. The van der Waals surface area contributed by atoms with Gasteiger partial charge >= 0.3 is 6.18 Å². The van der Waals surface area contributed by atoms with Crippen molar-refractivity contribution >= 4 is 5.82 Å². The third-order valence-electron chi connectivity index (χ3n) is 4.01. The molecule has 0 radical (unpaired) electrons. The minimum atomic E-state index is -4.51. The second-order valence-electron chi connectivity index (χ2n) is 6.19. The van der Waals surface area contributed by atoms with E-state index >= 15 is 0 Å². The van der Waals surface area contributed by atoms with Crippen LogP contribution in [0.2, 0.25) is 0 Å². The highest BCUT2D eigenvalue weighted by Gasteiger charge is 2.36. The van der Waals surface area contributed by atoms with Gasteiger partial charge in [-0.3, -0.25) is 0 Å². The fourth-order valence-electron chi connectivity index (χ4n) is 2.58. The average molecular weight is 397 g/mol. The second kappa shape index (κ2) is 7.59. The van der Waals surface area contributed by atoms with Crippen molar-refractivity contribution in [1.82, 2.24) is 9.78 Å². The van der Waals surface area contributed by atoms with E-state index in [2.05, 4.69) is 5.10 Å². The summed E-state index contributed by atoms with van der Waals surface area (Å²) in [4.78, 5) is 0. The Labute approximate surface area is 157 Å². The SMILES string of the molecule is CC(OCc1cc(F)cc(-c2cc(N)nn2-c2ccc(F)cc2)c1)C(F)(F)F. The van der Waals surface area contributed by atoms with Crippen molar-refractivity contribution in [3.05, 3.63) is 65.7 Å². The molecule has 4 nitrogen and oxygen atoms in total. The van der Waals surface area contributed by atoms with Gasteiger partial charge in [0, 0.05) is 11.6 Å². The van der Waals surface area contributed by atoms with Crippen LogP contribution in [0.25, 0.3) is 16.9 Å². The molecule has 0 saturated heterocycles. The molecular formula is C19H16F5N3O. The number of aromatic nitrogens is 2. The zero-order chi connectivity index (χ0) is 20.5. The molecule has 0 aliphatic carbocycles. The summed E-state index contributed by atoms with van der Waals surface area (Å²) >= 11 is 0. The number of nitrogen functional groups attached to an aromatic ring is 1. The van der Waals surface area contributed by atoms with Crippen LogP contribution in [0.4, 0.5) is 27.8 Å². The van der Waals surface area contributed by atoms with E-state index in [1.807, 2.05) is 0 Å². The molecule has 2 aromatic carbocycles. The number of nitrogens with two attached hydrogens (primary N) is 1. The smallest absolute Gasteiger partial charge is 0.382 e. The van der Waals surface area contributed by atoms with E-state index in [1.54, 1.807) is 0 Å². The Bertz CT molecular complexity index is 967. The van der Waals surface area contributed by atoms with Crippen molar-refractivity contribution in [3.63, 3.8) is 0 Å². The van der Waals surface area contributed by atoms with E-state index in [0.29, 0.717) is 16.9 Å². The van der Waals surface area contributed by atoms with Crippen LogP contribution in [0, 0.1) is 11.6 Å². The van der Waals surface area contributed by atoms with Crippen LogP contribution in [0.1, 0.15) is 12.5 Å². The van der Waals surface area contributed by atoms with Crippen molar-refractivity contribution in [2.75, 3.05) is 5.73 Å². The van der Waals surface area contributed by atoms with Gasteiger partial charge in [0.1, 0.15) is 17.5 Å². The monoisotopic (exact) mass is 397 g/mol. The van der Waals surface area contributed by atoms with Crippen molar-refractivity contribution in [3.8, 4) is 16.9 Å². The Balaban J connectivity index is 1.94. The van der Waals surface area contributed by atoms with E-state index < -0.39 is 30.5 Å². The Kier molecular flexibility index (Phi) is 5.37. The Morgan fingerprint density at radius 3 is 2.36 bits per heavy atom. The summed E-state index contributed by atoms with van der Waals surface area (Å²) in [5, 5.41) is 4.12. The van der Waals surface area contributed by atoms with Crippen LogP contribution in [0.15, 0.2) is 48.5 Å². The molecule has 3 rings (SSSR count). The average Bonchev–Trinajstić information content (AvgIpc) is 3.01. The summed E-state index contributed by atoms with van der Waals surface area (Å²) in [5.41, 5.74) is 7.20. The van der Waals surface area contributed by atoms with Crippen LogP contribution in [-0.2, 0) is 11.3 Å². The topological polar surface area (TPSA) is 53.1 Å². The molecule has 1 atom stereocenters. The molecule has 9 heteroatoms. The molecule has 1 heterocycles. The van der Waals surface area contributed by atoms with Crippen molar-refractivity contribution in [2.24, 2.45) is 0 Å². The van der Waals surface area contributed by atoms with Crippen molar-refractivity contribution < 1.29 is 26.7 Å². The first-order chi connectivity index (χ1) is 13.1.